The van der Waals surface area contributed by atoms with E-state index in [1.54, 1.807) is 0 Å². The molecule has 1 saturated heterocycles. The predicted molar refractivity (Wildman–Crippen MR) is 136 cm³/mol. The van der Waals surface area contributed by atoms with Gasteiger partial charge in [0.05, 0.1) is 5.69 Å². The van der Waals surface area contributed by atoms with E-state index in [2.05, 4.69) is 65.0 Å². The van der Waals surface area contributed by atoms with Crippen molar-refractivity contribution in [2.75, 3.05) is 29.4 Å². The van der Waals surface area contributed by atoms with Crippen molar-refractivity contribution < 1.29 is 10.2 Å². The molecule has 0 bridgehead atoms. The van der Waals surface area contributed by atoms with Gasteiger partial charge in [-0.1, -0.05) is 68.8 Å². The second kappa shape index (κ2) is 10.6. The lowest BCUT2D eigenvalue weighted by Gasteiger charge is -2.30. The predicted octanol–water partition coefficient (Wildman–Crippen LogP) is 6.38. The topological polar surface area (TPSA) is 59.8 Å². The van der Waals surface area contributed by atoms with Gasteiger partial charge in [0.1, 0.15) is 11.4 Å². The van der Waals surface area contributed by atoms with Crippen LogP contribution in [0, 0.1) is 0 Å². The maximum Gasteiger partial charge on any atom is 0.239 e. The van der Waals surface area contributed by atoms with Crippen LogP contribution >= 0.6 is 0 Å². The molecule has 1 aromatic heterocycles. The van der Waals surface area contributed by atoms with E-state index in [9.17, 15) is 10.2 Å². The quantitative estimate of drug-likeness (QED) is 0.400. The average Bonchev–Trinajstić information content (AvgIpc) is 3.32. The lowest BCUT2D eigenvalue weighted by molar-refractivity contribution is 0.431. The van der Waals surface area contributed by atoms with E-state index in [0.717, 1.165) is 62.4 Å². The van der Waals surface area contributed by atoms with E-state index in [-0.39, 0.29) is 11.6 Å². The summed E-state index contributed by atoms with van der Waals surface area (Å²) in [7, 11) is 0. The molecule has 1 aliphatic heterocycles. The third kappa shape index (κ3) is 4.92. The number of hydrogen-bond acceptors (Lipinski definition) is 5. The third-order valence-electron chi connectivity index (χ3n) is 6.50. The summed E-state index contributed by atoms with van der Waals surface area (Å²) in [5.41, 5.74) is 4.26. The molecule has 4 rings (SSSR count). The number of aryl methyl sites for hydroxylation is 1. The lowest BCUT2D eigenvalue weighted by atomic mass is 9.99. The maximum absolute atomic E-state index is 11.6. The summed E-state index contributed by atoms with van der Waals surface area (Å²) >= 11 is 0. The number of aromatic nitrogens is 1. The second-order valence-corrected chi connectivity index (χ2v) is 8.86. The molecule has 2 heterocycles. The fourth-order valence-corrected chi connectivity index (χ4v) is 4.84. The zero-order chi connectivity index (χ0) is 23.2. The molecular weight excluding hydrogens is 410 g/mol. The van der Waals surface area contributed by atoms with Gasteiger partial charge in [0.2, 0.25) is 5.88 Å². The molecule has 0 aliphatic carbocycles. The van der Waals surface area contributed by atoms with Crippen LogP contribution in [0.3, 0.4) is 0 Å². The summed E-state index contributed by atoms with van der Waals surface area (Å²) in [6.07, 6.45) is 4.60. The molecule has 1 atom stereocenters. The van der Waals surface area contributed by atoms with Crippen LogP contribution in [0.5, 0.6) is 11.6 Å². The van der Waals surface area contributed by atoms with E-state index < -0.39 is 0 Å². The molecule has 174 valence electrons. The van der Waals surface area contributed by atoms with Gasteiger partial charge in [-0.3, -0.25) is 0 Å². The van der Waals surface area contributed by atoms with Gasteiger partial charge in [-0.05, 0) is 43.4 Å². The van der Waals surface area contributed by atoms with E-state index >= 15 is 0 Å². The first-order valence-corrected chi connectivity index (χ1v) is 12.2. The number of aromatic hydroxyl groups is 2. The van der Waals surface area contributed by atoms with Crippen LogP contribution in [-0.4, -0.2) is 34.8 Å². The zero-order valence-electron chi connectivity index (χ0n) is 19.7. The third-order valence-corrected chi connectivity index (χ3v) is 6.50. The Morgan fingerprint density at radius 3 is 2.33 bits per heavy atom. The summed E-state index contributed by atoms with van der Waals surface area (Å²) in [5, 5.41) is 22.6. The van der Waals surface area contributed by atoms with Crippen LogP contribution in [0.25, 0.3) is 0 Å². The molecule has 0 amide bonds. The van der Waals surface area contributed by atoms with Crippen LogP contribution in [0.15, 0.2) is 60.7 Å². The van der Waals surface area contributed by atoms with Crippen LogP contribution in [0.2, 0.25) is 0 Å². The van der Waals surface area contributed by atoms with E-state index in [1.807, 2.05) is 24.3 Å². The van der Waals surface area contributed by atoms with Crippen LogP contribution in [-0.2, 0) is 6.42 Å². The van der Waals surface area contributed by atoms with Crippen molar-refractivity contribution in [3.05, 3.63) is 71.9 Å². The number of benzene rings is 2. The number of hydrogen-bond donors (Lipinski definition) is 2. The molecule has 1 aliphatic rings. The molecular formula is C28H35N3O2. The Balaban J connectivity index is 1.76. The highest BCUT2D eigenvalue weighted by molar-refractivity contribution is 5.81. The first-order chi connectivity index (χ1) is 16.1. The Labute approximate surface area is 197 Å². The minimum atomic E-state index is -0.0689. The first-order valence-electron chi connectivity index (χ1n) is 12.2. The van der Waals surface area contributed by atoms with Gasteiger partial charge < -0.3 is 20.0 Å². The molecule has 33 heavy (non-hydrogen) atoms. The summed E-state index contributed by atoms with van der Waals surface area (Å²) in [4.78, 5) is 8.90. The maximum atomic E-state index is 11.6. The molecule has 0 spiro atoms. The highest BCUT2D eigenvalue weighted by Crippen LogP contribution is 2.48. The minimum absolute atomic E-state index is 0.0689. The van der Waals surface area contributed by atoms with Gasteiger partial charge in [0.15, 0.2) is 5.75 Å². The van der Waals surface area contributed by atoms with Gasteiger partial charge in [-0.15, -0.1) is 0 Å². The Bertz CT molecular complexity index is 1040. The number of para-hydroxylation sites is 1. The molecule has 0 unspecified atom stereocenters. The van der Waals surface area contributed by atoms with Crippen molar-refractivity contribution in [2.24, 2.45) is 0 Å². The fraction of sp³-hybridized carbons (Fsp3) is 0.393. The van der Waals surface area contributed by atoms with Crippen molar-refractivity contribution in [2.45, 2.75) is 51.9 Å². The number of unbranched alkanes of at least 4 members (excludes halogenated alkanes) is 1. The first kappa shape index (κ1) is 23.0. The largest absolute Gasteiger partial charge is 0.504 e. The van der Waals surface area contributed by atoms with Gasteiger partial charge in [0, 0.05) is 31.2 Å². The smallest absolute Gasteiger partial charge is 0.239 e. The van der Waals surface area contributed by atoms with Crippen molar-refractivity contribution >= 4 is 17.1 Å². The van der Waals surface area contributed by atoms with E-state index in [4.69, 9.17) is 0 Å². The van der Waals surface area contributed by atoms with Gasteiger partial charge in [0.25, 0.3) is 0 Å². The SMILES string of the molecule is CCCCc1nc(O)c(N2CC[C@H](c3ccccc3)C2)c(O)c1N(CCC)c1ccccc1. The van der Waals surface area contributed by atoms with E-state index in [0.29, 0.717) is 18.0 Å². The monoisotopic (exact) mass is 445 g/mol. The second-order valence-electron chi connectivity index (χ2n) is 8.86. The Kier molecular flexibility index (Phi) is 7.38. The normalized spacial score (nSPS) is 15.7. The van der Waals surface area contributed by atoms with E-state index in [1.165, 1.54) is 5.56 Å². The number of anilines is 3. The Morgan fingerprint density at radius 2 is 1.67 bits per heavy atom. The minimum Gasteiger partial charge on any atom is -0.504 e. The number of rotatable bonds is 9. The Morgan fingerprint density at radius 1 is 0.970 bits per heavy atom. The summed E-state index contributed by atoms with van der Waals surface area (Å²) in [6.45, 7) is 6.56. The molecule has 0 radical (unpaired) electrons. The molecule has 2 aromatic carbocycles. The van der Waals surface area contributed by atoms with Crippen molar-refractivity contribution in [3.8, 4) is 11.6 Å². The van der Waals surface area contributed by atoms with Crippen molar-refractivity contribution in [1.29, 1.82) is 0 Å². The van der Waals surface area contributed by atoms with Crippen LogP contribution in [0.1, 0.15) is 56.7 Å². The Hall–Kier alpha value is -3.21. The summed E-state index contributed by atoms with van der Waals surface area (Å²) in [6, 6.07) is 20.6. The molecule has 3 aromatic rings. The summed E-state index contributed by atoms with van der Waals surface area (Å²) in [5.74, 6) is 0.439. The van der Waals surface area contributed by atoms with Crippen molar-refractivity contribution in [3.63, 3.8) is 0 Å². The zero-order valence-corrected chi connectivity index (χ0v) is 19.7. The van der Waals surface area contributed by atoms with Gasteiger partial charge in [-0.25, -0.2) is 4.98 Å². The molecule has 1 fully saturated rings. The fourth-order valence-electron chi connectivity index (χ4n) is 4.84. The molecule has 2 N–H and O–H groups in total. The summed E-state index contributed by atoms with van der Waals surface area (Å²) < 4.78 is 0. The van der Waals surface area contributed by atoms with Gasteiger partial charge in [-0.2, -0.15) is 0 Å². The standard InChI is InChI=1S/C28H35N3O2/c1-3-5-16-24-25(31(18-4-2)23-14-10-7-11-15-23)27(32)26(28(33)29-24)30-19-17-22(20-30)21-12-8-6-9-13-21/h6-15,22H,3-5,16-20H2,1-2H3,(H2,29,32,33)/t22-/m0/s1. The molecule has 5 nitrogen and oxygen atoms in total. The van der Waals surface area contributed by atoms with Crippen LogP contribution in [0.4, 0.5) is 17.1 Å². The number of pyridine rings is 1. The lowest BCUT2D eigenvalue weighted by Crippen LogP contribution is -2.24. The highest BCUT2D eigenvalue weighted by Gasteiger charge is 2.32. The number of nitrogens with zero attached hydrogens (tertiary/aromatic N) is 3. The highest BCUT2D eigenvalue weighted by atomic mass is 16.3. The van der Waals surface area contributed by atoms with Gasteiger partial charge >= 0.3 is 0 Å². The van der Waals surface area contributed by atoms with Crippen molar-refractivity contribution in [1.82, 2.24) is 4.98 Å². The average molecular weight is 446 g/mol. The molecule has 5 heteroatoms. The molecule has 0 saturated carbocycles. The van der Waals surface area contributed by atoms with Crippen LogP contribution < -0.4 is 9.80 Å².